The van der Waals surface area contributed by atoms with Crippen molar-refractivity contribution >= 4 is 21.4 Å². The second kappa shape index (κ2) is 1.80. The fourth-order valence-electron chi connectivity index (χ4n) is 0. The van der Waals surface area contributed by atoms with Gasteiger partial charge in [-0.05, 0) is 0 Å². The first-order valence-electron chi connectivity index (χ1n) is 1.30. The van der Waals surface area contributed by atoms with E-state index in [0.717, 1.165) is 6.26 Å². The largest absolute Gasteiger partial charge is 0.228 e. The lowest BCUT2D eigenvalue weighted by molar-refractivity contribution is 0.606. The molecular formula is C2H5ClO2S. The van der Waals surface area contributed by atoms with E-state index in [2.05, 4.69) is 0 Å². The third-order valence-corrected chi connectivity index (χ3v) is 1.78. The van der Waals surface area contributed by atoms with Crippen molar-refractivity contribution in [1.29, 1.82) is 0 Å². The van der Waals surface area contributed by atoms with Crippen molar-refractivity contribution in [1.82, 2.24) is 0 Å². The molecule has 0 rings (SSSR count). The van der Waals surface area contributed by atoms with E-state index in [1.807, 2.05) is 0 Å². The molecule has 0 bridgehead atoms. The van der Waals surface area contributed by atoms with Gasteiger partial charge in [-0.2, -0.15) is 0 Å². The van der Waals surface area contributed by atoms with Crippen LogP contribution >= 0.6 is 11.6 Å². The SMILES string of the molecule is CS(=O)(=O)CCl. The molecule has 2 nitrogen and oxygen atoms in total. The number of alkyl halides is 1. The fourth-order valence-corrected chi connectivity index (χ4v) is 0. The van der Waals surface area contributed by atoms with Crippen LogP contribution in [0.4, 0.5) is 0 Å². The molecule has 0 aromatic carbocycles. The van der Waals surface area contributed by atoms with Crippen molar-refractivity contribution in [3.8, 4) is 0 Å². The van der Waals surface area contributed by atoms with Gasteiger partial charge < -0.3 is 0 Å². The maximum Gasteiger partial charge on any atom is 0.161 e. The topological polar surface area (TPSA) is 34.1 Å². The summed E-state index contributed by atoms with van der Waals surface area (Å²) in [4.78, 5) is 0. The molecule has 0 atom stereocenters. The van der Waals surface area contributed by atoms with E-state index in [1.165, 1.54) is 0 Å². The summed E-state index contributed by atoms with van der Waals surface area (Å²) in [5.74, 6) is 0. The Morgan fingerprint density at radius 1 is 1.67 bits per heavy atom. The molecule has 0 aromatic heterocycles. The number of hydrogen-bond donors (Lipinski definition) is 0. The van der Waals surface area contributed by atoms with Crippen LogP contribution in [-0.4, -0.2) is 19.9 Å². The van der Waals surface area contributed by atoms with Crippen molar-refractivity contribution in [2.45, 2.75) is 0 Å². The van der Waals surface area contributed by atoms with Crippen LogP contribution in [0.3, 0.4) is 0 Å². The average Bonchev–Trinajstić information content (AvgIpc) is 1.35. The second-order valence-electron chi connectivity index (χ2n) is 1.03. The summed E-state index contributed by atoms with van der Waals surface area (Å²) in [5.41, 5.74) is 0. The maximum absolute atomic E-state index is 9.87. The summed E-state index contributed by atoms with van der Waals surface area (Å²) in [5, 5.41) is -0.285. The molecular weight excluding hydrogens is 124 g/mol. The van der Waals surface area contributed by atoms with Gasteiger partial charge in [0.15, 0.2) is 9.84 Å². The van der Waals surface area contributed by atoms with Gasteiger partial charge in [-0.1, -0.05) is 0 Å². The second-order valence-corrected chi connectivity index (χ2v) is 3.76. The summed E-state index contributed by atoms with van der Waals surface area (Å²) in [6.07, 6.45) is 1.08. The molecule has 6 heavy (non-hydrogen) atoms. The van der Waals surface area contributed by atoms with Crippen LogP contribution in [0, 0.1) is 0 Å². The van der Waals surface area contributed by atoms with Gasteiger partial charge >= 0.3 is 0 Å². The fraction of sp³-hybridized carbons (Fsp3) is 1.00. The molecule has 0 spiro atoms. The van der Waals surface area contributed by atoms with Gasteiger partial charge in [0, 0.05) is 6.26 Å². The average molecular weight is 129 g/mol. The van der Waals surface area contributed by atoms with E-state index >= 15 is 0 Å². The minimum absolute atomic E-state index is 0.285. The van der Waals surface area contributed by atoms with Crippen LogP contribution in [0.15, 0.2) is 0 Å². The minimum atomic E-state index is -2.90. The third-order valence-electron chi connectivity index (χ3n) is 0.198. The van der Waals surface area contributed by atoms with Crippen molar-refractivity contribution < 1.29 is 8.42 Å². The summed E-state index contributed by atoms with van der Waals surface area (Å²) >= 11 is 4.89. The summed E-state index contributed by atoms with van der Waals surface area (Å²) in [6.45, 7) is 0. The van der Waals surface area contributed by atoms with Gasteiger partial charge in [-0.15, -0.1) is 11.6 Å². The predicted octanol–water partition coefficient (Wildman–Crippen LogP) is 0.227. The van der Waals surface area contributed by atoms with Crippen LogP contribution in [0.25, 0.3) is 0 Å². The van der Waals surface area contributed by atoms with Crippen LogP contribution in [0.5, 0.6) is 0 Å². The first kappa shape index (κ1) is 6.24. The van der Waals surface area contributed by atoms with Crippen LogP contribution < -0.4 is 0 Å². The number of sulfone groups is 1. The molecule has 0 heterocycles. The molecule has 0 amide bonds. The highest BCUT2D eigenvalue weighted by molar-refractivity contribution is 7.91. The van der Waals surface area contributed by atoms with E-state index in [4.69, 9.17) is 11.6 Å². The third kappa shape index (κ3) is 4.24. The Hall–Kier alpha value is 0.240. The molecule has 0 saturated carbocycles. The lowest BCUT2D eigenvalue weighted by atomic mass is 11.9. The standard InChI is InChI=1S/C2H5ClO2S/c1-6(4,5)2-3/h2H2,1H3. The van der Waals surface area contributed by atoms with Gasteiger partial charge in [-0.3, -0.25) is 0 Å². The van der Waals surface area contributed by atoms with E-state index < -0.39 is 9.84 Å². The first-order chi connectivity index (χ1) is 2.56. The molecule has 0 unspecified atom stereocenters. The zero-order valence-corrected chi connectivity index (χ0v) is 4.88. The van der Waals surface area contributed by atoms with Crippen LogP contribution in [0.2, 0.25) is 0 Å². The van der Waals surface area contributed by atoms with E-state index in [0.29, 0.717) is 0 Å². The predicted molar refractivity (Wildman–Crippen MR) is 25.6 cm³/mol. The zero-order chi connectivity index (χ0) is 5.21. The first-order valence-corrected chi connectivity index (χ1v) is 3.89. The van der Waals surface area contributed by atoms with Crippen molar-refractivity contribution in [3.63, 3.8) is 0 Å². The Morgan fingerprint density at radius 2 is 1.83 bits per heavy atom. The Bertz CT molecular complexity index is 114. The Morgan fingerprint density at radius 3 is 1.83 bits per heavy atom. The quantitative estimate of drug-likeness (QED) is 0.474. The molecule has 0 fully saturated rings. The van der Waals surface area contributed by atoms with Gasteiger partial charge in [0.25, 0.3) is 0 Å². The zero-order valence-electron chi connectivity index (χ0n) is 3.31. The van der Waals surface area contributed by atoms with Crippen molar-refractivity contribution in [2.75, 3.05) is 11.5 Å². The number of hydrogen-bond acceptors (Lipinski definition) is 2. The molecule has 0 saturated heterocycles. The normalized spacial score (nSPS) is 11.7. The van der Waals surface area contributed by atoms with Gasteiger partial charge in [0.1, 0.15) is 5.21 Å². The molecule has 0 aliphatic rings. The Labute approximate surface area is 42.0 Å². The highest BCUT2D eigenvalue weighted by Crippen LogP contribution is 1.83. The number of rotatable bonds is 1. The van der Waals surface area contributed by atoms with Gasteiger partial charge in [0.05, 0.1) is 0 Å². The van der Waals surface area contributed by atoms with Crippen molar-refractivity contribution in [3.05, 3.63) is 0 Å². The van der Waals surface area contributed by atoms with Gasteiger partial charge in [-0.25, -0.2) is 8.42 Å². The van der Waals surface area contributed by atoms with Gasteiger partial charge in [0.2, 0.25) is 0 Å². The summed E-state index contributed by atoms with van der Waals surface area (Å²) in [6, 6.07) is 0. The van der Waals surface area contributed by atoms with Crippen molar-refractivity contribution in [2.24, 2.45) is 0 Å². The maximum atomic E-state index is 9.87. The van der Waals surface area contributed by atoms with E-state index in [9.17, 15) is 8.42 Å². The molecule has 0 aliphatic heterocycles. The molecule has 38 valence electrons. The highest BCUT2D eigenvalue weighted by atomic mass is 35.5. The van der Waals surface area contributed by atoms with Crippen LogP contribution in [0.1, 0.15) is 0 Å². The monoisotopic (exact) mass is 128 g/mol. The molecule has 0 aromatic rings. The molecule has 0 aliphatic carbocycles. The summed E-state index contributed by atoms with van der Waals surface area (Å²) < 4.78 is 19.7. The van der Waals surface area contributed by atoms with Crippen LogP contribution in [-0.2, 0) is 9.84 Å². The smallest absolute Gasteiger partial charge is 0.161 e. The molecule has 0 radical (unpaired) electrons. The minimum Gasteiger partial charge on any atom is -0.228 e. The van der Waals surface area contributed by atoms with E-state index in [1.54, 1.807) is 0 Å². The number of halogens is 1. The van der Waals surface area contributed by atoms with E-state index in [-0.39, 0.29) is 5.21 Å². The Balaban J connectivity index is 3.85. The lowest BCUT2D eigenvalue weighted by Gasteiger charge is -1.79. The molecule has 4 heteroatoms. The molecule has 0 N–H and O–H groups in total. The summed E-state index contributed by atoms with van der Waals surface area (Å²) in [7, 11) is -2.90. The lowest BCUT2D eigenvalue weighted by Crippen LogP contribution is -1.94. The Kier molecular flexibility index (Phi) is 1.87. The highest BCUT2D eigenvalue weighted by Gasteiger charge is 1.92.